The van der Waals surface area contributed by atoms with Crippen molar-refractivity contribution in [2.45, 2.75) is 57.5 Å². The van der Waals surface area contributed by atoms with Gasteiger partial charge in [-0.25, -0.2) is 9.97 Å². The van der Waals surface area contributed by atoms with Gasteiger partial charge < -0.3 is 14.8 Å². The molecule has 6 nitrogen and oxygen atoms in total. The van der Waals surface area contributed by atoms with Gasteiger partial charge in [-0.15, -0.1) is 0 Å². The molecule has 2 aliphatic rings. The summed E-state index contributed by atoms with van der Waals surface area (Å²) in [5.74, 6) is 2.46. The van der Waals surface area contributed by atoms with E-state index in [0.29, 0.717) is 23.6 Å². The maximum Gasteiger partial charge on any atom is 0.251 e. The third-order valence-corrected chi connectivity index (χ3v) is 5.29. The number of rotatable bonds is 5. The fourth-order valence-electron chi connectivity index (χ4n) is 3.70. The standard InChI is InChI=1S/C20H27N5O/c1-14(2)25-11-9-22-19(25)16-4-3-10-24(13-16)18-12-15(7-8-21-18)20(26)23-17-5-6-17/h7-9,11-12,14,16-17H,3-6,10,13H2,1-2H3,(H,23,26)/t16-/m0/s1. The first-order valence-electron chi connectivity index (χ1n) is 9.66. The van der Waals surface area contributed by atoms with Crippen LogP contribution in [0.1, 0.15) is 67.7 Å². The van der Waals surface area contributed by atoms with Crippen LogP contribution in [0.2, 0.25) is 0 Å². The maximum absolute atomic E-state index is 12.3. The van der Waals surface area contributed by atoms with Gasteiger partial charge in [0.15, 0.2) is 0 Å². The molecule has 2 aromatic heterocycles. The van der Waals surface area contributed by atoms with E-state index in [9.17, 15) is 4.79 Å². The van der Waals surface area contributed by atoms with Crippen molar-refractivity contribution < 1.29 is 4.79 Å². The second-order valence-electron chi connectivity index (χ2n) is 7.72. The van der Waals surface area contributed by atoms with Gasteiger partial charge in [-0.2, -0.15) is 0 Å². The summed E-state index contributed by atoms with van der Waals surface area (Å²) in [7, 11) is 0. The molecule has 1 amide bonds. The molecule has 1 atom stereocenters. The molecular weight excluding hydrogens is 326 g/mol. The number of nitrogens with one attached hydrogen (secondary N) is 1. The van der Waals surface area contributed by atoms with Gasteiger partial charge in [0.2, 0.25) is 0 Å². The number of nitrogens with zero attached hydrogens (tertiary/aromatic N) is 4. The Morgan fingerprint density at radius 3 is 2.85 bits per heavy atom. The fraction of sp³-hybridized carbons (Fsp3) is 0.550. The smallest absolute Gasteiger partial charge is 0.251 e. The second-order valence-corrected chi connectivity index (χ2v) is 7.72. The average Bonchev–Trinajstić information content (AvgIpc) is 3.33. The third-order valence-electron chi connectivity index (χ3n) is 5.29. The molecule has 4 rings (SSSR count). The number of hydrogen-bond acceptors (Lipinski definition) is 4. The van der Waals surface area contributed by atoms with E-state index in [-0.39, 0.29) is 5.91 Å². The number of hydrogen-bond donors (Lipinski definition) is 1. The Morgan fingerprint density at radius 1 is 1.23 bits per heavy atom. The molecule has 2 aromatic rings. The van der Waals surface area contributed by atoms with Crippen molar-refractivity contribution in [2.24, 2.45) is 0 Å². The third kappa shape index (κ3) is 3.59. The van der Waals surface area contributed by atoms with E-state index in [1.807, 2.05) is 12.3 Å². The van der Waals surface area contributed by atoms with Crippen LogP contribution in [-0.4, -0.2) is 39.6 Å². The summed E-state index contributed by atoms with van der Waals surface area (Å²) in [4.78, 5) is 23.8. The zero-order valence-corrected chi connectivity index (χ0v) is 15.6. The molecule has 0 bridgehead atoms. The van der Waals surface area contributed by atoms with E-state index in [2.05, 4.69) is 44.8 Å². The monoisotopic (exact) mass is 353 g/mol. The number of amides is 1. The minimum atomic E-state index is 0.0139. The molecule has 26 heavy (non-hydrogen) atoms. The van der Waals surface area contributed by atoms with Crippen LogP contribution in [0.3, 0.4) is 0 Å². The van der Waals surface area contributed by atoms with Crippen molar-refractivity contribution in [3.63, 3.8) is 0 Å². The summed E-state index contributed by atoms with van der Waals surface area (Å²) in [5, 5.41) is 3.05. The predicted molar refractivity (Wildman–Crippen MR) is 102 cm³/mol. The van der Waals surface area contributed by atoms with Crippen molar-refractivity contribution in [3.05, 3.63) is 42.1 Å². The second kappa shape index (κ2) is 7.09. The van der Waals surface area contributed by atoms with Crippen LogP contribution < -0.4 is 10.2 Å². The topological polar surface area (TPSA) is 63.1 Å². The molecule has 0 spiro atoms. The molecule has 1 saturated heterocycles. The SMILES string of the molecule is CC(C)n1ccnc1[C@H]1CCCN(c2cc(C(=O)NC3CC3)ccn2)C1. The molecule has 1 N–H and O–H groups in total. The van der Waals surface area contributed by atoms with Crippen molar-refractivity contribution >= 4 is 11.7 Å². The summed E-state index contributed by atoms with van der Waals surface area (Å²) >= 11 is 0. The van der Waals surface area contributed by atoms with Gasteiger partial charge in [0, 0.05) is 55.2 Å². The summed E-state index contributed by atoms with van der Waals surface area (Å²) in [6, 6.07) is 4.51. The van der Waals surface area contributed by atoms with E-state index in [0.717, 1.165) is 50.4 Å². The van der Waals surface area contributed by atoms with Crippen LogP contribution in [0.5, 0.6) is 0 Å². The number of piperidine rings is 1. The van der Waals surface area contributed by atoms with Crippen LogP contribution in [0.15, 0.2) is 30.7 Å². The molecule has 3 heterocycles. The predicted octanol–water partition coefficient (Wildman–Crippen LogP) is 3.14. The van der Waals surface area contributed by atoms with E-state index in [1.165, 1.54) is 0 Å². The first-order valence-corrected chi connectivity index (χ1v) is 9.66. The van der Waals surface area contributed by atoms with Crippen LogP contribution in [-0.2, 0) is 0 Å². The maximum atomic E-state index is 12.3. The Morgan fingerprint density at radius 2 is 2.08 bits per heavy atom. The highest BCUT2D eigenvalue weighted by molar-refractivity contribution is 5.95. The lowest BCUT2D eigenvalue weighted by atomic mass is 9.96. The number of carbonyl (C=O) groups excluding carboxylic acids is 1. The molecule has 2 fully saturated rings. The zero-order valence-electron chi connectivity index (χ0n) is 15.6. The summed E-state index contributed by atoms with van der Waals surface area (Å²) in [5.41, 5.74) is 0.702. The Labute approximate surface area is 154 Å². The lowest BCUT2D eigenvalue weighted by Crippen LogP contribution is -2.36. The highest BCUT2D eigenvalue weighted by atomic mass is 16.1. The Kier molecular flexibility index (Phi) is 4.66. The summed E-state index contributed by atoms with van der Waals surface area (Å²) < 4.78 is 2.26. The molecule has 0 radical (unpaired) electrons. The van der Waals surface area contributed by atoms with Gasteiger partial charge in [-0.05, 0) is 51.7 Å². The molecule has 1 aliphatic carbocycles. The minimum Gasteiger partial charge on any atom is -0.356 e. The molecule has 1 aliphatic heterocycles. The Bertz CT molecular complexity index is 780. The minimum absolute atomic E-state index is 0.0139. The number of anilines is 1. The molecule has 0 aromatic carbocycles. The van der Waals surface area contributed by atoms with Crippen molar-refractivity contribution in [1.29, 1.82) is 0 Å². The summed E-state index contributed by atoms with van der Waals surface area (Å²) in [6.45, 7) is 6.24. The highest BCUT2D eigenvalue weighted by Crippen LogP contribution is 2.30. The molecule has 138 valence electrons. The Hall–Kier alpha value is -2.37. The van der Waals surface area contributed by atoms with E-state index >= 15 is 0 Å². The molecule has 0 unspecified atom stereocenters. The van der Waals surface area contributed by atoms with E-state index in [4.69, 9.17) is 0 Å². The average molecular weight is 353 g/mol. The van der Waals surface area contributed by atoms with Gasteiger partial charge >= 0.3 is 0 Å². The quantitative estimate of drug-likeness (QED) is 0.897. The van der Waals surface area contributed by atoms with Gasteiger partial charge in [0.05, 0.1) is 0 Å². The van der Waals surface area contributed by atoms with E-state index < -0.39 is 0 Å². The number of pyridine rings is 1. The number of imidazole rings is 1. The van der Waals surface area contributed by atoms with Crippen molar-refractivity contribution in [1.82, 2.24) is 19.9 Å². The first kappa shape index (κ1) is 17.1. The van der Waals surface area contributed by atoms with Crippen LogP contribution in [0.25, 0.3) is 0 Å². The molecule has 1 saturated carbocycles. The van der Waals surface area contributed by atoms with Gasteiger partial charge in [0.25, 0.3) is 5.91 Å². The summed E-state index contributed by atoms with van der Waals surface area (Å²) in [6.07, 6.45) is 10.2. The lowest BCUT2D eigenvalue weighted by molar-refractivity contribution is 0.0951. The highest BCUT2D eigenvalue weighted by Gasteiger charge is 2.27. The molecule has 6 heteroatoms. The van der Waals surface area contributed by atoms with Crippen molar-refractivity contribution in [3.8, 4) is 0 Å². The first-order chi connectivity index (χ1) is 12.6. The number of carbonyl (C=O) groups is 1. The Balaban J connectivity index is 1.50. The van der Waals surface area contributed by atoms with Crippen LogP contribution >= 0.6 is 0 Å². The lowest BCUT2D eigenvalue weighted by Gasteiger charge is -2.34. The van der Waals surface area contributed by atoms with Crippen LogP contribution in [0.4, 0.5) is 5.82 Å². The number of aromatic nitrogens is 3. The van der Waals surface area contributed by atoms with Crippen LogP contribution in [0, 0.1) is 0 Å². The fourth-order valence-corrected chi connectivity index (χ4v) is 3.70. The van der Waals surface area contributed by atoms with Gasteiger partial charge in [-0.1, -0.05) is 0 Å². The molecular formula is C20H27N5O. The van der Waals surface area contributed by atoms with Crippen molar-refractivity contribution in [2.75, 3.05) is 18.0 Å². The normalized spacial score (nSPS) is 20.4. The van der Waals surface area contributed by atoms with Gasteiger partial charge in [-0.3, -0.25) is 4.79 Å². The van der Waals surface area contributed by atoms with E-state index in [1.54, 1.807) is 12.3 Å². The largest absolute Gasteiger partial charge is 0.356 e. The van der Waals surface area contributed by atoms with Gasteiger partial charge in [0.1, 0.15) is 11.6 Å². The zero-order chi connectivity index (χ0) is 18.1.